The lowest BCUT2D eigenvalue weighted by Crippen LogP contribution is -2.40. The number of halogens is 1. The molecule has 0 saturated carbocycles. The van der Waals surface area contributed by atoms with Gasteiger partial charge in [0.25, 0.3) is 5.56 Å². The SMILES string of the molecule is C=CCOc1c(I)cc(/C=c2/sc3n(c2=O)[C@@H](c2cc(OC)ccc2OC)C(C(=O)OCC)=C(C)N=3)cc1OC. The first kappa shape index (κ1) is 29.4. The fourth-order valence-electron chi connectivity index (χ4n) is 4.40. The largest absolute Gasteiger partial charge is 0.497 e. The maximum Gasteiger partial charge on any atom is 0.338 e. The van der Waals surface area contributed by atoms with Gasteiger partial charge in [-0.15, -0.1) is 0 Å². The van der Waals surface area contributed by atoms with Crippen molar-refractivity contribution in [1.82, 2.24) is 4.57 Å². The van der Waals surface area contributed by atoms with Crippen LogP contribution in [0.1, 0.15) is 31.0 Å². The van der Waals surface area contributed by atoms with Crippen molar-refractivity contribution >= 4 is 46.0 Å². The topological polar surface area (TPSA) is 97.6 Å². The monoisotopic (exact) mass is 676 g/mol. The molecule has 1 aliphatic rings. The fraction of sp³-hybridized carbons (Fsp3) is 0.276. The number of allylic oxidation sites excluding steroid dienone is 1. The van der Waals surface area contributed by atoms with Crippen LogP contribution >= 0.6 is 33.9 Å². The molecular formula is C29H29IN2O7S. The highest BCUT2D eigenvalue weighted by Gasteiger charge is 2.35. The molecular weight excluding hydrogens is 647 g/mol. The minimum Gasteiger partial charge on any atom is -0.497 e. The number of fused-ring (bicyclic) bond motifs is 1. The zero-order chi connectivity index (χ0) is 29.0. The Morgan fingerprint density at radius 1 is 1.15 bits per heavy atom. The molecule has 3 aromatic rings. The fourth-order valence-corrected chi connectivity index (χ4v) is 6.22. The van der Waals surface area contributed by atoms with Gasteiger partial charge in [-0.3, -0.25) is 9.36 Å². The Morgan fingerprint density at radius 3 is 2.55 bits per heavy atom. The average Bonchev–Trinajstić information content (AvgIpc) is 3.24. The van der Waals surface area contributed by atoms with Crippen LogP contribution in [0, 0.1) is 3.57 Å². The Hall–Kier alpha value is -3.58. The molecule has 0 saturated heterocycles. The number of rotatable bonds is 10. The van der Waals surface area contributed by atoms with Crippen molar-refractivity contribution in [2.24, 2.45) is 4.99 Å². The third-order valence-electron chi connectivity index (χ3n) is 6.14. The molecule has 2 aromatic carbocycles. The van der Waals surface area contributed by atoms with E-state index in [2.05, 4.69) is 34.2 Å². The van der Waals surface area contributed by atoms with Gasteiger partial charge < -0.3 is 23.7 Å². The lowest BCUT2D eigenvalue weighted by Gasteiger charge is -2.26. The van der Waals surface area contributed by atoms with Gasteiger partial charge in [0.05, 0.1) is 47.3 Å². The third-order valence-corrected chi connectivity index (χ3v) is 7.93. The van der Waals surface area contributed by atoms with E-state index in [1.807, 2.05) is 6.07 Å². The van der Waals surface area contributed by atoms with E-state index in [0.717, 1.165) is 9.13 Å². The van der Waals surface area contributed by atoms with Crippen LogP contribution in [0.4, 0.5) is 0 Å². The molecule has 0 fully saturated rings. The molecule has 4 rings (SSSR count). The second kappa shape index (κ2) is 12.7. The summed E-state index contributed by atoms with van der Waals surface area (Å²) in [5.74, 6) is 1.62. The van der Waals surface area contributed by atoms with Crippen molar-refractivity contribution in [2.75, 3.05) is 34.5 Å². The van der Waals surface area contributed by atoms with Crippen LogP contribution in [-0.4, -0.2) is 45.1 Å². The molecule has 0 N–H and O–H groups in total. The summed E-state index contributed by atoms with van der Waals surface area (Å²) < 4.78 is 30.5. The molecule has 11 heteroatoms. The van der Waals surface area contributed by atoms with Crippen LogP contribution in [-0.2, 0) is 9.53 Å². The first-order valence-electron chi connectivity index (χ1n) is 12.3. The molecule has 0 amide bonds. The number of hydrogen-bond donors (Lipinski definition) is 0. The lowest BCUT2D eigenvalue weighted by molar-refractivity contribution is -0.139. The van der Waals surface area contributed by atoms with Crippen LogP contribution in [0.2, 0.25) is 0 Å². The van der Waals surface area contributed by atoms with Crippen LogP contribution < -0.4 is 33.8 Å². The molecule has 0 spiro atoms. The van der Waals surface area contributed by atoms with Gasteiger partial charge in [-0.25, -0.2) is 9.79 Å². The summed E-state index contributed by atoms with van der Waals surface area (Å²) in [7, 11) is 4.64. The number of ether oxygens (including phenoxy) is 5. The Morgan fingerprint density at radius 2 is 1.90 bits per heavy atom. The highest BCUT2D eigenvalue weighted by molar-refractivity contribution is 14.1. The van der Waals surface area contributed by atoms with E-state index < -0.39 is 12.0 Å². The standard InChI is InChI=1S/C29H29IN2O7S/c1-7-11-39-26-20(30)12-17(13-22(26)37-6)14-23-27(33)32-25(19-15-18(35-4)9-10-21(19)36-5)24(28(34)38-8-2)16(3)31-29(32)40-23/h7,9-10,12-15,25H,1,8,11H2,2-6H3/b23-14+/t25-/m0/s1. The predicted molar refractivity (Wildman–Crippen MR) is 161 cm³/mol. The van der Waals surface area contributed by atoms with Gasteiger partial charge in [-0.05, 0) is 78.4 Å². The van der Waals surface area contributed by atoms with Gasteiger partial charge in [-0.1, -0.05) is 24.0 Å². The predicted octanol–water partition coefficient (Wildman–Crippen LogP) is 3.99. The molecule has 0 aliphatic carbocycles. The average molecular weight is 677 g/mol. The highest BCUT2D eigenvalue weighted by Crippen LogP contribution is 2.38. The quantitative estimate of drug-likeness (QED) is 0.182. The van der Waals surface area contributed by atoms with Crippen molar-refractivity contribution in [3.05, 3.63) is 88.6 Å². The number of thiazole rings is 1. The van der Waals surface area contributed by atoms with Gasteiger partial charge in [0.15, 0.2) is 16.3 Å². The minimum absolute atomic E-state index is 0.176. The van der Waals surface area contributed by atoms with Crippen molar-refractivity contribution < 1.29 is 28.5 Å². The van der Waals surface area contributed by atoms with E-state index in [0.29, 0.717) is 50.2 Å². The molecule has 1 aromatic heterocycles. The molecule has 1 aliphatic heterocycles. The molecule has 2 heterocycles. The van der Waals surface area contributed by atoms with Gasteiger partial charge in [-0.2, -0.15) is 0 Å². The third kappa shape index (κ3) is 5.66. The van der Waals surface area contributed by atoms with Crippen LogP contribution in [0.5, 0.6) is 23.0 Å². The molecule has 1 atom stereocenters. The first-order chi connectivity index (χ1) is 19.3. The number of nitrogens with zero attached hydrogens (tertiary/aromatic N) is 2. The Labute approximate surface area is 249 Å². The lowest BCUT2D eigenvalue weighted by atomic mass is 9.94. The van der Waals surface area contributed by atoms with Gasteiger partial charge in [0.1, 0.15) is 24.1 Å². The Balaban J connectivity index is 1.96. The minimum atomic E-state index is -0.841. The van der Waals surface area contributed by atoms with Crippen molar-refractivity contribution in [3.8, 4) is 23.0 Å². The summed E-state index contributed by atoms with van der Waals surface area (Å²) in [4.78, 5) is 32.3. The number of benzene rings is 2. The zero-order valence-electron chi connectivity index (χ0n) is 22.8. The smallest absolute Gasteiger partial charge is 0.338 e. The van der Waals surface area contributed by atoms with Crippen molar-refractivity contribution in [3.63, 3.8) is 0 Å². The zero-order valence-corrected chi connectivity index (χ0v) is 25.8. The number of hydrogen-bond acceptors (Lipinski definition) is 9. The Bertz CT molecular complexity index is 1670. The Kier molecular flexibility index (Phi) is 9.36. The van der Waals surface area contributed by atoms with Crippen molar-refractivity contribution in [1.29, 1.82) is 0 Å². The van der Waals surface area contributed by atoms with Crippen molar-refractivity contribution in [2.45, 2.75) is 19.9 Å². The van der Waals surface area contributed by atoms with E-state index in [9.17, 15) is 9.59 Å². The van der Waals surface area contributed by atoms with E-state index >= 15 is 0 Å². The summed E-state index contributed by atoms with van der Waals surface area (Å²) in [6.45, 7) is 7.66. The number of methoxy groups -OCH3 is 3. The number of carbonyl (C=O) groups is 1. The van der Waals surface area contributed by atoms with Gasteiger partial charge in [0, 0.05) is 5.56 Å². The summed E-state index contributed by atoms with van der Waals surface area (Å²) >= 11 is 3.40. The molecule has 9 nitrogen and oxygen atoms in total. The number of carbonyl (C=O) groups excluding carboxylic acids is 1. The summed E-state index contributed by atoms with van der Waals surface area (Å²) in [5, 5.41) is 0. The summed E-state index contributed by atoms with van der Waals surface area (Å²) in [6.07, 6.45) is 3.43. The van der Waals surface area contributed by atoms with E-state index in [4.69, 9.17) is 23.7 Å². The second-order valence-corrected chi connectivity index (χ2v) is 10.7. The number of aromatic nitrogens is 1. The maximum atomic E-state index is 14.0. The van der Waals surface area contributed by atoms with E-state index in [1.165, 1.54) is 23.0 Å². The number of esters is 1. The molecule has 0 radical (unpaired) electrons. The molecule has 0 unspecified atom stereocenters. The normalized spacial score (nSPS) is 14.8. The van der Waals surface area contributed by atoms with Crippen LogP contribution in [0.15, 0.2) is 64.0 Å². The summed E-state index contributed by atoms with van der Waals surface area (Å²) in [6, 6.07) is 8.12. The van der Waals surface area contributed by atoms with Gasteiger partial charge in [0.2, 0.25) is 0 Å². The van der Waals surface area contributed by atoms with Crippen LogP contribution in [0.3, 0.4) is 0 Å². The molecule has 0 bridgehead atoms. The van der Waals surface area contributed by atoms with Gasteiger partial charge >= 0.3 is 5.97 Å². The molecule has 210 valence electrons. The highest BCUT2D eigenvalue weighted by atomic mass is 127. The maximum absolute atomic E-state index is 14.0. The van der Waals surface area contributed by atoms with E-state index in [1.54, 1.807) is 64.5 Å². The van der Waals surface area contributed by atoms with E-state index in [-0.39, 0.29) is 17.7 Å². The second-order valence-electron chi connectivity index (χ2n) is 8.54. The van der Waals surface area contributed by atoms with Crippen LogP contribution in [0.25, 0.3) is 6.08 Å². The summed E-state index contributed by atoms with van der Waals surface area (Å²) in [5.41, 5.74) is 1.73. The molecule has 40 heavy (non-hydrogen) atoms. The first-order valence-corrected chi connectivity index (χ1v) is 14.2.